The summed E-state index contributed by atoms with van der Waals surface area (Å²) in [4.78, 5) is 4.68. The Morgan fingerprint density at radius 1 is 1.00 bits per heavy atom. The number of nitrogens with zero attached hydrogens (tertiary/aromatic N) is 1. The zero-order chi connectivity index (χ0) is 14.7. The van der Waals surface area contributed by atoms with Crippen LogP contribution in [0.4, 0.5) is 0 Å². The van der Waals surface area contributed by atoms with E-state index in [2.05, 4.69) is 42.3 Å². The van der Waals surface area contributed by atoms with Crippen molar-refractivity contribution in [2.75, 3.05) is 0 Å². The van der Waals surface area contributed by atoms with Gasteiger partial charge in [0.1, 0.15) is 11.5 Å². The van der Waals surface area contributed by atoms with E-state index in [-0.39, 0.29) is 0 Å². The molecule has 0 amide bonds. The minimum absolute atomic E-state index is 0.459. The molecule has 0 bridgehead atoms. The Kier molecular flexibility index (Phi) is 4.02. The molecule has 0 aliphatic rings. The second-order valence-corrected chi connectivity index (χ2v) is 5.58. The highest BCUT2D eigenvalue weighted by molar-refractivity contribution is 5.78. The molecular weight excluding hydrogens is 260 g/mol. The first kappa shape index (κ1) is 13.8. The average molecular weight is 280 g/mol. The van der Waals surface area contributed by atoms with E-state index in [4.69, 9.17) is 4.42 Å². The molecule has 1 N–H and O–H groups in total. The molecule has 2 aromatic heterocycles. The highest BCUT2D eigenvalue weighted by Gasteiger charge is 2.05. The number of aromatic nitrogens is 1. The van der Waals surface area contributed by atoms with E-state index in [1.807, 2.05) is 30.3 Å². The second-order valence-electron chi connectivity index (χ2n) is 5.58. The molecule has 21 heavy (non-hydrogen) atoms. The summed E-state index contributed by atoms with van der Waals surface area (Å²) < 4.78 is 5.85. The molecule has 0 saturated heterocycles. The Labute approximate surface area is 125 Å². The standard InChI is InChI=1S/C18H20N2O/c1-13(2)19-12-17-10-9-16(21-17)11-15-8-7-14-5-3-4-6-18(14)20-15/h3-10,13,19H,11-12H2,1-2H3. The van der Waals surface area contributed by atoms with Crippen molar-refractivity contribution in [3.63, 3.8) is 0 Å². The van der Waals surface area contributed by atoms with Crippen molar-refractivity contribution >= 4 is 10.9 Å². The topological polar surface area (TPSA) is 38.1 Å². The lowest BCUT2D eigenvalue weighted by Crippen LogP contribution is -2.21. The van der Waals surface area contributed by atoms with Crippen molar-refractivity contribution in [2.45, 2.75) is 32.9 Å². The predicted octanol–water partition coefficient (Wildman–Crippen LogP) is 3.92. The van der Waals surface area contributed by atoms with Gasteiger partial charge in [0, 0.05) is 23.5 Å². The summed E-state index contributed by atoms with van der Waals surface area (Å²) in [5, 5.41) is 4.52. The molecular formula is C18H20N2O. The van der Waals surface area contributed by atoms with Crippen LogP contribution >= 0.6 is 0 Å². The van der Waals surface area contributed by atoms with Crippen molar-refractivity contribution < 1.29 is 4.42 Å². The third kappa shape index (κ3) is 3.50. The van der Waals surface area contributed by atoms with Gasteiger partial charge in [0.15, 0.2) is 0 Å². The Bertz CT molecular complexity index is 731. The number of benzene rings is 1. The Morgan fingerprint density at radius 3 is 2.67 bits per heavy atom. The molecule has 0 atom stereocenters. The molecule has 108 valence electrons. The Balaban J connectivity index is 1.72. The molecule has 3 heteroatoms. The predicted molar refractivity (Wildman–Crippen MR) is 85.2 cm³/mol. The number of rotatable bonds is 5. The summed E-state index contributed by atoms with van der Waals surface area (Å²) in [7, 11) is 0. The SMILES string of the molecule is CC(C)NCc1ccc(Cc2ccc3ccccc3n2)o1. The summed E-state index contributed by atoms with van der Waals surface area (Å²) in [5.41, 5.74) is 2.06. The molecule has 3 rings (SSSR count). The van der Waals surface area contributed by atoms with Gasteiger partial charge in [-0.2, -0.15) is 0 Å². The lowest BCUT2D eigenvalue weighted by Gasteiger charge is -2.05. The van der Waals surface area contributed by atoms with E-state index in [9.17, 15) is 0 Å². The van der Waals surface area contributed by atoms with Crippen molar-refractivity contribution in [2.24, 2.45) is 0 Å². The molecule has 0 aliphatic carbocycles. The van der Waals surface area contributed by atoms with Gasteiger partial charge in [0.2, 0.25) is 0 Å². The maximum Gasteiger partial charge on any atom is 0.117 e. The van der Waals surface area contributed by atoms with E-state index >= 15 is 0 Å². The number of fused-ring (bicyclic) bond motifs is 1. The maximum atomic E-state index is 5.85. The van der Waals surface area contributed by atoms with Crippen LogP contribution in [0.2, 0.25) is 0 Å². The molecule has 1 aromatic carbocycles. The lowest BCUT2D eigenvalue weighted by molar-refractivity contribution is 0.440. The van der Waals surface area contributed by atoms with Crippen molar-refractivity contribution in [3.8, 4) is 0 Å². The number of hydrogen-bond donors (Lipinski definition) is 1. The van der Waals surface area contributed by atoms with Crippen LogP contribution in [0.5, 0.6) is 0 Å². The molecule has 0 saturated carbocycles. The van der Waals surface area contributed by atoms with Crippen LogP contribution in [0.3, 0.4) is 0 Å². The molecule has 0 fully saturated rings. The largest absolute Gasteiger partial charge is 0.464 e. The smallest absolute Gasteiger partial charge is 0.117 e. The van der Waals surface area contributed by atoms with E-state index in [1.165, 1.54) is 5.39 Å². The zero-order valence-electron chi connectivity index (χ0n) is 12.5. The number of hydrogen-bond acceptors (Lipinski definition) is 3. The highest BCUT2D eigenvalue weighted by atomic mass is 16.3. The number of nitrogens with one attached hydrogen (secondary N) is 1. The Hall–Kier alpha value is -2.13. The van der Waals surface area contributed by atoms with Gasteiger partial charge in [-0.1, -0.05) is 38.1 Å². The van der Waals surface area contributed by atoms with Gasteiger partial charge in [-0.3, -0.25) is 4.98 Å². The number of pyridine rings is 1. The van der Waals surface area contributed by atoms with Gasteiger partial charge in [0.05, 0.1) is 12.1 Å². The lowest BCUT2D eigenvalue weighted by atomic mass is 10.1. The van der Waals surface area contributed by atoms with E-state index in [1.54, 1.807) is 0 Å². The average Bonchev–Trinajstić information content (AvgIpc) is 2.92. The monoisotopic (exact) mass is 280 g/mol. The fourth-order valence-corrected chi connectivity index (χ4v) is 2.30. The van der Waals surface area contributed by atoms with E-state index in [0.717, 1.165) is 35.7 Å². The van der Waals surface area contributed by atoms with Crippen LogP contribution in [0, 0.1) is 0 Å². The second kappa shape index (κ2) is 6.10. The van der Waals surface area contributed by atoms with Crippen LogP contribution in [0.15, 0.2) is 52.9 Å². The first-order chi connectivity index (χ1) is 10.2. The molecule has 0 unspecified atom stereocenters. The summed E-state index contributed by atoms with van der Waals surface area (Å²) in [6.07, 6.45) is 0.729. The van der Waals surface area contributed by atoms with Crippen LogP contribution in [0.25, 0.3) is 10.9 Å². The molecule has 0 radical (unpaired) electrons. The maximum absolute atomic E-state index is 5.85. The van der Waals surface area contributed by atoms with E-state index < -0.39 is 0 Å². The fourth-order valence-electron chi connectivity index (χ4n) is 2.30. The fraction of sp³-hybridized carbons (Fsp3) is 0.278. The summed E-state index contributed by atoms with van der Waals surface area (Å²) >= 11 is 0. The van der Waals surface area contributed by atoms with Gasteiger partial charge in [-0.25, -0.2) is 0 Å². The summed E-state index contributed by atoms with van der Waals surface area (Å²) in [5.74, 6) is 1.93. The van der Waals surface area contributed by atoms with Gasteiger partial charge in [-0.05, 0) is 24.3 Å². The molecule has 3 nitrogen and oxygen atoms in total. The minimum Gasteiger partial charge on any atom is -0.464 e. The van der Waals surface area contributed by atoms with Gasteiger partial charge in [0.25, 0.3) is 0 Å². The summed E-state index contributed by atoms with van der Waals surface area (Å²) in [6, 6.07) is 16.9. The van der Waals surface area contributed by atoms with Crippen LogP contribution < -0.4 is 5.32 Å². The third-order valence-electron chi connectivity index (χ3n) is 3.41. The van der Waals surface area contributed by atoms with Crippen molar-refractivity contribution in [1.29, 1.82) is 0 Å². The van der Waals surface area contributed by atoms with Gasteiger partial charge in [-0.15, -0.1) is 0 Å². The van der Waals surface area contributed by atoms with Crippen LogP contribution in [-0.2, 0) is 13.0 Å². The number of furan rings is 1. The first-order valence-corrected chi connectivity index (χ1v) is 7.36. The van der Waals surface area contributed by atoms with Crippen LogP contribution in [0.1, 0.15) is 31.1 Å². The highest BCUT2D eigenvalue weighted by Crippen LogP contribution is 2.16. The summed E-state index contributed by atoms with van der Waals surface area (Å²) in [6.45, 7) is 5.02. The zero-order valence-corrected chi connectivity index (χ0v) is 12.5. The van der Waals surface area contributed by atoms with Gasteiger partial charge >= 0.3 is 0 Å². The normalized spacial score (nSPS) is 11.4. The quantitative estimate of drug-likeness (QED) is 0.770. The molecule has 3 aromatic rings. The molecule has 2 heterocycles. The van der Waals surface area contributed by atoms with E-state index in [0.29, 0.717) is 6.04 Å². The van der Waals surface area contributed by atoms with Crippen molar-refractivity contribution in [3.05, 3.63) is 65.7 Å². The molecule has 0 aliphatic heterocycles. The number of para-hydroxylation sites is 1. The Morgan fingerprint density at radius 2 is 1.81 bits per heavy atom. The van der Waals surface area contributed by atoms with Gasteiger partial charge < -0.3 is 9.73 Å². The van der Waals surface area contributed by atoms with Crippen LogP contribution in [-0.4, -0.2) is 11.0 Å². The minimum atomic E-state index is 0.459. The third-order valence-corrected chi connectivity index (χ3v) is 3.41. The van der Waals surface area contributed by atoms with Crippen molar-refractivity contribution in [1.82, 2.24) is 10.3 Å². The molecule has 0 spiro atoms. The first-order valence-electron chi connectivity index (χ1n) is 7.36.